The minimum absolute atomic E-state index is 0.199. The molecule has 2 heterocycles. The van der Waals surface area contributed by atoms with E-state index in [2.05, 4.69) is 15.0 Å². The highest BCUT2D eigenvalue weighted by Gasteiger charge is 2.09. The van der Waals surface area contributed by atoms with E-state index in [1.807, 2.05) is 18.2 Å². The molecular formula is C14H11N3O3S. The number of aromatic nitrogens is 3. The molecule has 3 aromatic rings. The van der Waals surface area contributed by atoms with Gasteiger partial charge in [-0.2, -0.15) is 0 Å². The highest BCUT2D eigenvalue weighted by Crippen LogP contribution is 2.27. The van der Waals surface area contributed by atoms with E-state index in [4.69, 9.17) is 9.84 Å². The van der Waals surface area contributed by atoms with E-state index in [9.17, 15) is 4.79 Å². The number of nitrogens with zero attached hydrogens (tertiary/aromatic N) is 2. The highest BCUT2D eigenvalue weighted by atomic mass is 32.2. The lowest BCUT2D eigenvalue weighted by Crippen LogP contribution is -1.96. The number of aromatic amines is 1. The Morgan fingerprint density at radius 3 is 2.95 bits per heavy atom. The number of ether oxygens (including phenoxy) is 1. The quantitative estimate of drug-likeness (QED) is 0.770. The zero-order valence-corrected chi connectivity index (χ0v) is 11.8. The second-order valence-corrected chi connectivity index (χ2v) is 5.22. The number of H-pyrrole nitrogens is 1. The maximum absolute atomic E-state index is 10.9. The fourth-order valence-corrected chi connectivity index (χ4v) is 2.64. The van der Waals surface area contributed by atoms with E-state index < -0.39 is 5.97 Å². The molecule has 2 aromatic heterocycles. The smallest absolute Gasteiger partial charge is 0.335 e. The molecule has 0 bridgehead atoms. The van der Waals surface area contributed by atoms with E-state index in [1.54, 1.807) is 7.11 Å². The number of pyridine rings is 1. The summed E-state index contributed by atoms with van der Waals surface area (Å²) in [5.74, 6) is -0.234. The van der Waals surface area contributed by atoms with Gasteiger partial charge in [-0.1, -0.05) is 0 Å². The van der Waals surface area contributed by atoms with Gasteiger partial charge in [0.25, 0.3) is 0 Å². The van der Waals surface area contributed by atoms with Crippen LogP contribution in [0.15, 0.2) is 46.7 Å². The summed E-state index contributed by atoms with van der Waals surface area (Å²) in [5, 5.41) is 10.2. The Labute approximate surface area is 124 Å². The molecule has 0 saturated heterocycles. The first-order valence-corrected chi connectivity index (χ1v) is 6.88. The summed E-state index contributed by atoms with van der Waals surface area (Å²) < 4.78 is 5.16. The molecule has 3 rings (SSSR count). The molecule has 0 saturated carbocycles. The van der Waals surface area contributed by atoms with Gasteiger partial charge < -0.3 is 14.8 Å². The Morgan fingerprint density at radius 2 is 2.19 bits per heavy atom. The third kappa shape index (κ3) is 2.82. The molecule has 106 valence electrons. The molecule has 21 heavy (non-hydrogen) atoms. The maximum atomic E-state index is 10.9. The lowest BCUT2D eigenvalue weighted by molar-refractivity contribution is 0.0696. The summed E-state index contributed by atoms with van der Waals surface area (Å²) in [6.07, 6.45) is 1.47. The summed E-state index contributed by atoms with van der Waals surface area (Å²) in [7, 11) is 1.61. The van der Waals surface area contributed by atoms with Gasteiger partial charge in [0.2, 0.25) is 0 Å². The van der Waals surface area contributed by atoms with Crippen molar-refractivity contribution in [1.29, 1.82) is 0 Å². The number of benzene rings is 1. The van der Waals surface area contributed by atoms with E-state index >= 15 is 0 Å². The lowest BCUT2D eigenvalue weighted by Gasteiger charge is -1.98. The van der Waals surface area contributed by atoms with E-state index in [0.717, 1.165) is 16.8 Å². The van der Waals surface area contributed by atoms with Crippen molar-refractivity contribution >= 4 is 28.8 Å². The standard InChI is InChI=1S/C14H11N3O3S/c1-20-9-2-3-10-11(7-9)17-14(16-10)21-12-6-8(13(18)19)4-5-15-12/h2-7H,1H3,(H,16,17)(H,18,19). The SMILES string of the molecule is COc1ccc2nc(Sc3cc(C(=O)O)ccn3)[nH]c2c1. The molecule has 0 aliphatic rings. The minimum Gasteiger partial charge on any atom is -0.497 e. The largest absolute Gasteiger partial charge is 0.497 e. The zero-order valence-electron chi connectivity index (χ0n) is 11.0. The summed E-state index contributed by atoms with van der Waals surface area (Å²) in [5.41, 5.74) is 1.87. The summed E-state index contributed by atoms with van der Waals surface area (Å²) >= 11 is 1.28. The molecule has 1 aromatic carbocycles. The zero-order chi connectivity index (χ0) is 14.8. The van der Waals surface area contributed by atoms with Gasteiger partial charge in [0.15, 0.2) is 5.16 Å². The van der Waals surface area contributed by atoms with Crippen molar-refractivity contribution < 1.29 is 14.6 Å². The fourth-order valence-electron chi connectivity index (χ4n) is 1.84. The second-order valence-electron chi connectivity index (χ2n) is 4.22. The normalized spacial score (nSPS) is 10.7. The Bertz CT molecular complexity index is 816. The van der Waals surface area contributed by atoms with Crippen molar-refractivity contribution in [1.82, 2.24) is 15.0 Å². The van der Waals surface area contributed by atoms with Gasteiger partial charge >= 0.3 is 5.97 Å². The van der Waals surface area contributed by atoms with Gasteiger partial charge in [0, 0.05) is 12.3 Å². The van der Waals surface area contributed by atoms with Crippen molar-refractivity contribution in [2.75, 3.05) is 7.11 Å². The van der Waals surface area contributed by atoms with E-state index in [1.165, 1.54) is 30.1 Å². The van der Waals surface area contributed by atoms with Crippen molar-refractivity contribution in [3.05, 3.63) is 42.1 Å². The van der Waals surface area contributed by atoms with Crippen LogP contribution in [0.25, 0.3) is 11.0 Å². The van der Waals surface area contributed by atoms with Gasteiger partial charge in [-0.15, -0.1) is 0 Å². The van der Waals surface area contributed by atoms with Gasteiger partial charge in [-0.3, -0.25) is 0 Å². The van der Waals surface area contributed by atoms with Crippen LogP contribution in [0.4, 0.5) is 0 Å². The molecule has 0 radical (unpaired) electrons. The molecule has 0 aliphatic carbocycles. The predicted octanol–water partition coefficient (Wildman–Crippen LogP) is 2.82. The molecule has 0 unspecified atom stereocenters. The van der Waals surface area contributed by atoms with Crippen molar-refractivity contribution in [2.24, 2.45) is 0 Å². The number of carbonyl (C=O) groups is 1. The van der Waals surface area contributed by atoms with E-state index in [0.29, 0.717) is 10.2 Å². The Kier molecular flexibility index (Phi) is 3.49. The molecule has 6 nitrogen and oxygen atoms in total. The van der Waals surface area contributed by atoms with Gasteiger partial charge in [0.1, 0.15) is 10.8 Å². The fraction of sp³-hybridized carbons (Fsp3) is 0.0714. The van der Waals surface area contributed by atoms with Crippen molar-refractivity contribution in [2.45, 2.75) is 10.2 Å². The number of nitrogens with one attached hydrogen (secondary N) is 1. The molecule has 0 atom stereocenters. The third-order valence-electron chi connectivity index (χ3n) is 2.85. The molecule has 7 heteroatoms. The average Bonchev–Trinajstić information content (AvgIpc) is 2.88. The summed E-state index contributed by atoms with van der Waals surface area (Å²) in [6, 6.07) is 8.51. The Morgan fingerprint density at radius 1 is 1.33 bits per heavy atom. The van der Waals surface area contributed by atoms with Crippen LogP contribution in [-0.2, 0) is 0 Å². The van der Waals surface area contributed by atoms with Crippen LogP contribution in [0.1, 0.15) is 10.4 Å². The number of fused-ring (bicyclic) bond motifs is 1. The molecule has 0 fully saturated rings. The number of hydrogen-bond donors (Lipinski definition) is 2. The first-order chi connectivity index (χ1) is 10.2. The average molecular weight is 301 g/mol. The maximum Gasteiger partial charge on any atom is 0.335 e. The van der Waals surface area contributed by atoms with Crippen LogP contribution < -0.4 is 4.74 Å². The van der Waals surface area contributed by atoms with Gasteiger partial charge in [0.05, 0.1) is 23.7 Å². The highest BCUT2D eigenvalue weighted by molar-refractivity contribution is 7.99. The van der Waals surface area contributed by atoms with Crippen LogP contribution in [0.5, 0.6) is 5.75 Å². The summed E-state index contributed by atoms with van der Waals surface area (Å²) in [4.78, 5) is 22.7. The number of carboxylic acid groups (broad SMARTS) is 1. The van der Waals surface area contributed by atoms with Gasteiger partial charge in [-0.25, -0.2) is 14.8 Å². The van der Waals surface area contributed by atoms with Crippen LogP contribution in [0.2, 0.25) is 0 Å². The minimum atomic E-state index is -0.978. The van der Waals surface area contributed by atoms with Crippen molar-refractivity contribution in [3.63, 3.8) is 0 Å². The first-order valence-electron chi connectivity index (χ1n) is 6.06. The number of imidazole rings is 1. The van der Waals surface area contributed by atoms with Crippen LogP contribution in [-0.4, -0.2) is 33.1 Å². The van der Waals surface area contributed by atoms with Crippen LogP contribution in [0, 0.1) is 0 Å². The number of aromatic carboxylic acids is 1. The Hall–Kier alpha value is -2.54. The third-order valence-corrected chi connectivity index (χ3v) is 3.67. The van der Waals surface area contributed by atoms with Crippen LogP contribution >= 0.6 is 11.8 Å². The molecular weight excluding hydrogens is 290 g/mol. The van der Waals surface area contributed by atoms with E-state index in [-0.39, 0.29) is 5.56 Å². The van der Waals surface area contributed by atoms with Crippen molar-refractivity contribution in [3.8, 4) is 5.75 Å². The number of methoxy groups -OCH3 is 1. The first kappa shape index (κ1) is 13.4. The van der Waals surface area contributed by atoms with Gasteiger partial charge in [-0.05, 0) is 36.0 Å². The molecule has 0 aliphatic heterocycles. The molecule has 2 N–H and O–H groups in total. The summed E-state index contributed by atoms with van der Waals surface area (Å²) in [6.45, 7) is 0. The predicted molar refractivity (Wildman–Crippen MR) is 78.0 cm³/mol. The lowest BCUT2D eigenvalue weighted by atomic mass is 10.3. The van der Waals surface area contributed by atoms with Crippen LogP contribution in [0.3, 0.4) is 0 Å². The molecule has 0 amide bonds. The monoisotopic (exact) mass is 301 g/mol. The number of rotatable bonds is 4. The topological polar surface area (TPSA) is 88.1 Å². The Balaban J connectivity index is 1.91. The number of hydrogen-bond acceptors (Lipinski definition) is 5. The number of carboxylic acids is 1. The molecule has 0 spiro atoms. The second kappa shape index (κ2) is 5.45.